The number of hydrogen-bond donors (Lipinski definition) is 0. The summed E-state index contributed by atoms with van der Waals surface area (Å²) in [6, 6.07) is 31.1. The number of allylic oxidation sites excluding steroid dienone is 2. The van der Waals surface area contributed by atoms with Crippen LogP contribution in [0.3, 0.4) is 0 Å². The molecule has 1 unspecified atom stereocenters. The summed E-state index contributed by atoms with van der Waals surface area (Å²) in [6.45, 7) is 2.24. The summed E-state index contributed by atoms with van der Waals surface area (Å²) in [5.41, 5.74) is 2.14. The summed E-state index contributed by atoms with van der Waals surface area (Å²) in [5.74, 6) is 0.329. The van der Waals surface area contributed by atoms with Crippen LogP contribution < -0.4 is 5.30 Å². The highest BCUT2D eigenvalue weighted by atomic mass is 31.2. The van der Waals surface area contributed by atoms with E-state index in [9.17, 15) is 4.57 Å². The molecular weight excluding hydrogens is 397 g/mol. The van der Waals surface area contributed by atoms with Crippen molar-refractivity contribution in [2.45, 2.75) is 18.9 Å². The smallest absolute Gasteiger partial charge is 0.204 e. The van der Waals surface area contributed by atoms with Crippen molar-refractivity contribution in [2.24, 2.45) is 11.8 Å². The van der Waals surface area contributed by atoms with Gasteiger partial charge >= 0.3 is 0 Å². The molecule has 0 bridgehead atoms. The van der Waals surface area contributed by atoms with Gasteiger partial charge in [0.2, 0.25) is 7.29 Å². The lowest BCUT2D eigenvalue weighted by molar-refractivity contribution is 0.227. The highest BCUT2D eigenvalue weighted by Gasteiger charge is 2.58. The first kappa shape index (κ1) is 20.2. The lowest BCUT2D eigenvalue weighted by Gasteiger charge is -2.37. The van der Waals surface area contributed by atoms with Crippen molar-refractivity contribution in [2.75, 3.05) is 7.05 Å². The minimum Gasteiger partial charge on any atom is -0.297 e. The van der Waals surface area contributed by atoms with Crippen LogP contribution in [0.4, 0.5) is 0 Å². The topological polar surface area (TPSA) is 20.3 Å². The van der Waals surface area contributed by atoms with Gasteiger partial charge < -0.3 is 0 Å². The molecule has 3 aromatic rings. The van der Waals surface area contributed by atoms with Gasteiger partial charge in [-0.3, -0.25) is 4.57 Å². The molecule has 1 heterocycles. The molecular formula is C28H28NOP. The quantitative estimate of drug-likeness (QED) is 0.357. The van der Waals surface area contributed by atoms with E-state index in [1.807, 2.05) is 43.4 Å². The van der Waals surface area contributed by atoms with Gasteiger partial charge in [0.05, 0.1) is 5.54 Å². The maximum absolute atomic E-state index is 14.9. The minimum atomic E-state index is -2.93. The summed E-state index contributed by atoms with van der Waals surface area (Å²) >= 11 is 0. The lowest BCUT2D eigenvalue weighted by Crippen LogP contribution is -2.39. The Morgan fingerprint density at radius 2 is 1.42 bits per heavy atom. The van der Waals surface area contributed by atoms with E-state index in [1.165, 1.54) is 11.1 Å². The molecule has 0 saturated carbocycles. The molecule has 2 nitrogen and oxygen atoms in total. The molecule has 31 heavy (non-hydrogen) atoms. The molecule has 1 saturated heterocycles. The molecule has 5 rings (SSSR count). The molecule has 1 aliphatic heterocycles. The fourth-order valence-corrected chi connectivity index (χ4v) is 8.77. The second kappa shape index (κ2) is 7.79. The molecule has 0 N–H and O–H groups in total. The van der Waals surface area contributed by atoms with Crippen LogP contribution in [-0.2, 0) is 16.5 Å². The average Bonchev–Trinajstić information content (AvgIpc) is 3.01. The van der Waals surface area contributed by atoms with Crippen LogP contribution in [-0.4, -0.2) is 11.7 Å². The molecule has 1 aliphatic carbocycles. The first-order valence-electron chi connectivity index (χ1n) is 10.9. The van der Waals surface area contributed by atoms with Gasteiger partial charge in [-0.2, -0.15) is 0 Å². The van der Waals surface area contributed by atoms with Gasteiger partial charge in [-0.05, 0) is 49.6 Å². The Labute approximate surface area is 185 Å². The summed E-state index contributed by atoms with van der Waals surface area (Å²) in [7, 11) is -0.889. The van der Waals surface area contributed by atoms with E-state index in [0.717, 1.165) is 17.0 Å². The van der Waals surface area contributed by atoms with Gasteiger partial charge in [-0.15, -0.1) is 0 Å². The van der Waals surface area contributed by atoms with Gasteiger partial charge in [0.1, 0.15) is 0 Å². The Kier molecular flexibility index (Phi) is 5.08. The Bertz CT molecular complexity index is 1170. The molecule has 156 valence electrons. The molecule has 4 atom stereocenters. The fraction of sp³-hybridized carbons (Fsp3) is 0.214. The van der Waals surface area contributed by atoms with Crippen LogP contribution in [0.5, 0.6) is 0 Å². The Morgan fingerprint density at radius 1 is 0.839 bits per heavy atom. The molecule has 3 aromatic carbocycles. The van der Waals surface area contributed by atoms with E-state index in [2.05, 4.69) is 84.4 Å². The van der Waals surface area contributed by atoms with E-state index < -0.39 is 7.29 Å². The highest BCUT2D eigenvalue weighted by molar-refractivity contribution is 7.73. The van der Waals surface area contributed by atoms with Crippen molar-refractivity contribution >= 4 is 12.6 Å². The summed E-state index contributed by atoms with van der Waals surface area (Å²) in [6.07, 6.45) is 7.86. The summed E-state index contributed by atoms with van der Waals surface area (Å²) in [5, 5.41) is 2.00. The zero-order valence-corrected chi connectivity index (χ0v) is 19.0. The van der Waals surface area contributed by atoms with Crippen LogP contribution in [0.2, 0.25) is 0 Å². The van der Waals surface area contributed by atoms with Crippen LogP contribution in [0.15, 0.2) is 115 Å². The molecule has 3 heteroatoms. The Hall–Kier alpha value is -2.67. The van der Waals surface area contributed by atoms with Gasteiger partial charge in [-0.1, -0.05) is 97.1 Å². The van der Waals surface area contributed by atoms with Gasteiger partial charge in [0.15, 0.2) is 0 Å². The number of hydrogen-bond acceptors (Lipinski definition) is 1. The van der Waals surface area contributed by atoms with Gasteiger partial charge in [0.25, 0.3) is 0 Å². The summed E-state index contributed by atoms with van der Waals surface area (Å²) < 4.78 is 17.1. The monoisotopic (exact) mass is 425 g/mol. The molecule has 0 aromatic heterocycles. The zero-order chi connectivity index (χ0) is 21.5. The van der Waals surface area contributed by atoms with Crippen molar-refractivity contribution in [3.05, 3.63) is 126 Å². The lowest BCUT2D eigenvalue weighted by atomic mass is 9.76. The third-order valence-electron chi connectivity index (χ3n) is 7.08. The van der Waals surface area contributed by atoms with E-state index in [-0.39, 0.29) is 17.4 Å². The predicted molar refractivity (Wildman–Crippen MR) is 130 cm³/mol. The maximum Gasteiger partial charge on any atom is 0.204 e. The largest absolute Gasteiger partial charge is 0.297 e. The second-order valence-corrected chi connectivity index (χ2v) is 11.5. The molecule has 2 aliphatic rings. The number of rotatable bonds is 4. The number of benzene rings is 3. The zero-order valence-electron chi connectivity index (χ0n) is 18.1. The highest BCUT2D eigenvalue weighted by Crippen LogP contribution is 2.72. The van der Waals surface area contributed by atoms with E-state index >= 15 is 0 Å². The average molecular weight is 426 g/mol. The van der Waals surface area contributed by atoms with Crippen molar-refractivity contribution in [1.29, 1.82) is 0 Å². The van der Waals surface area contributed by atoms with Crippen LogP contribution in [0.25, 0.3) is 0 Å². The molecule has 1 fully saturated rings. The first-order valence-corrected chi connectivity index (χ1v) is 12.6. The minimum absolute atomic E-state index is 0.0814. The summed E-state index contributed by atoms with van der Waals surface area (Å²) in [4.78, 5) is 0. The van der Waals surface area contributed by atoms with Gasteiger partial charge in [0, 0.05) is 16.5 Å². The van der Waals surface area contributed by atoms with Crippen molar-refractivity contribution in [1.82, 2.24) is 4.67 Å². The van der Waals surface area contributed by atoms with Gasteiger partial charge in [-0.25, -0.2) is 4.67 Å². The van der Waals surface area contributed by atoms with Crippen LogP contribution in [0, 0.1) is 11.8 Å². The maximum atomic E-state index is 14.9. The normalized spacial score (nSPS) is 30.1. The third kappa shape index (κ3) is 3.17. The van der Waals surface area contributed by atoms with E-state index in [1.54, 1.807) is 0 Å². The Morgan fingerprint density at radius 3 is 2.06 bits per heavy atom. The molecule has 0 spiro atoms. The number of nitrogens with zero attached hydrogens (tertiary/aromatic N) is 1. The first-order chi connectivity index (χ1) is 15.0. The van der Waals surface area contributed by atoms with E-state index in [0.29, 0.717) is 0 Å². The fourth-order valence-electron chi connectivity index (χ4n) is 5.27. The second-order valence-electron chi connectivity index (χ2n) is 8.76. The van der Waals surface area contributed by atoms with E-state index in [4.69, 9.17) is 0 Å². The molecule has 0 amide bonds. The van der Waals surface area contributed by atoms with Crippen LogP contribution in [0.1, 0.15) is 18.1 Å². The van der Waals surface area contributed by atoms with Crippen LogP contribution >= 0.6 is 7.29 Å². The van der Waals surface area contributed by atoms with Crippen molar-refractivity contribution in [3.8, 4) is 0 Å². The molecule has 0 radical (unpaired) electrons. The Balaban J connectivity index is 1.65. The van der Waals surface area contributed by atoms with Crippen molar-refractivity contribution in [3.63, 3.8) is 0 Å². The SMILES string of the molecule is CN1[C@](C)(c2ccccc2)[C@H]2C=C[C@@H](Cc3ccccc3)C=C2P1(=O)c1ccccc1. The van der Waals surface area contributed by atoms with Crippen molar-refractivity contribution < 1.29 is 4.57 Å². The third-order valence-corrected chi connectivity index (χ3v) is 10.5. The number of fused-ring (bicyclic) bond motifs is 1. The standard InChI is InChI=1S/C28H28NOP/c1-28(24-14-8-4-9-15-24)26-19-18-23(20-22-12-6-3-7-13-22)21-27(26)31(30,29(28)2)25-16-10-5-11-17-25/h3-19,21,23,26H,20H2,1-2H3/t23-,26-,28+,31?/m0/s1. The predicted octanol–water partition coefficient (Wildman–Crippen LogP) is 6.38.